The van der Waals surface area contributed by atoms with Gasteiger partial charge in [-0.1, -0.05) is 36.0 Å². The number of nitrogens with one attached hydrogen (secondary N) is 2. The van der Waals surface area contributed by atoms with Gasteiger partial charge in [-0.3, -0.25) is 14.6 Å². The highest BCUT2D eigenvalue weighted by atomic mass is 35.5. The van der Waals surface area contributed by atoms with Gasteiger partial charge >= 0.3 is 0 Å². The molecule has 2 aromatic rings. The van der Waals surface area contributed by atoms with Crippen molar-refractivity contribution in [3.8, 4) is 0 Å². The van der Waals surface area contributed by atoms with Crippen LogP contribution in [0.2, 0.25) is 10.0 Å². The van der Waals surface area contributed by atoms with E-state index in [-0.39, 0.29) is 39.7 Å². The van der Waals surface area contributed by atoms with Gasteiger partial charge in [-0.15, -0.1) is 12.4 Å². The lowest BCUT2D eigenvalue weighted by molar-refractivity contribution is -0.121. The number of carbonyl (C=O) groups excluding carboxylic acids is 2. The zero-order chi connectivity index (χ0) is 18.7. The predicted molar refractivity (Wildman–Crippen MR) is 108 cm³/mol. The fourth-order valence-electron chi connectivity index (χ4n) is 2.85. The SMILES string of the molecule is Cl.NC1(C(=O)Nc2cc(Cl)c(NC(=O)c3cnccn3)c(Cl)c2)CCCC1. The molecule has 0 saturated heterocycles. The van der Waals surface area contributed by atoms with Crippen molar-refractivity contribution in [3.63, 3.8) is 0 Å². The minimum absolute atomic E-state index is 0. The Kier molecular flexibility index (Phi) is 7.00. The third-order valence-electron chi connectivity index (χ3n) is 4.28. The third kappa shape index (κ3) is 4.87. The van der Waals surface area contributed by atoms with Gasteiger partial charge in [0.25, 0.3) is 5.91 Å². The maximum Gasteiger partial charge on any atom is 0.275 e. The van der Waals surface area contributed by atoms with Crippen LogP contribution in [0.25, 0.3) is 0 Å². The van der Waals surface area contributed by atoms with E-state index >= 15 is 0 Å². The first kappa shape index (κ1) is 21.4. The monoisotopic (exact) mass is 429 g/mol. The summed E-state index contributed by atoms with van der Waals surface area (Å²) in [6, 6.07) is 3.02. The minimum atomic E-state index is -0.863. The Hall–Kier alpha value is -1.93. The van der Waals surface area contributed by atoms with Crippen molar-refractivity contribution in [2.75, 3.05) is 10.6 Å². The summed E-state index contributed by atoms with van der Waals surface area (Å²) in [5, 5.41) is 5.71. The van der Waals surface area contributed by atoms with E-state index < -0.39 is 11.4 Å². The van der Waals surface area contributed by atoms with Crippen LogP contribution in [0.3, 0.4) is 0 Å². The molecule has 0 radical (unpaired) electrons. The highest BCUT2D eigenvalue weighted by molar-refractivity contribution is 6.40. The summed E-state index contributed by atoms with van der Waals surface area (Å²) < 4.78 is 0. The number of aromatic nitrogens is 2. The topological polar surface area (TPSA) is 110 Å². The lowest BCUT2D eigenvalue weighted by atomic mass is 9.98. The highest BCUT2D eigenvalue weighted by Crippen LogP contribution is 2.35. The molecule has 4 N–H and O–H groups in total. The quantitative estimate of drug-likeness (QED) is 0.685. The van der Waals surface area contributed by atoms with Crippen molar-refractivity contribution < 1.29 is 9.59 Å². The molecule has 27 heavy (non-hydrogen) atoms. The van der Waals surface area contributed by atoms with Crippen molar-refractivity contribution in [1.82, 2.24) is 9.97 Å². The largest absolute Gasteiger partial charge is 0.324 e. The summed E-state index contributed by atoms with van der Waals surface area (Å²) in [6.45, 7) is 0. The molecule has 0 unspecified atom stereocenters. The van der Waals surface area contributed by atoms with Crippen LogP contribution in [-0.4, -0.2) is 27.3 Å². The maximum atomic E-state index is 12.4. The number of amides is 2. The number of halogens is 3. The van der Waals surface area contributed by atoms with Crippen LogP contribution in [-0.2, 0) is 4.79 Å². The van der Waals surface area contributed by atoms with Crippen molar-refractivity contribution in [2.45, 2.75) is 31.2 Å². The molecule has 0 aliphatic heterocycles. The van der Waals surface area contributed by atoms with Crippen LogP contribution >= 0.6 is 35.6 Å². The molecule has 7 nitrogen and oxygen atoms in total. The Bertz CT molecular complexity index is 819. The molecule has 144 valence electrons. The Morgan fingerprint density at radius 1 is 1.07 bits per heavy atom. The average molecular weight is 431 g/mol. The molecule has 1 aromatic carbocycles. The van der Waals surface area contributed by atoms with Crippen molar-refractivity contribution >= 4 is 58.8 Å². The van der Waals surface area contributed by atoms with E-state index in [0.717, 1.165) is 12.8 Å². The number of hydrogen-bond acceptors (Lipinski definition) is 5. The smallest absolute Gasteiger partial charge is 0.275 e. The Morgan fingerprint density at radius 3 is 2.26 bits per heavy atom. The summed E-state index contributed by atoms with van der Waals surface area (Å²) in [6.07, 6.45) is 7.34. The maximum absolute atomic E-state index is 12.4. The first-order valence-electron chi connectivity index (χ1n) is 8.06. The molecular weight excluding hydrogens is 413 g/mol. The molecule has 1 aromatic heterocycles. The van der Waals surface area contributed by atoms with Crippen molar-refractivity contribution in [1.29, 1.82) is 0 Å². The second kappa shape index (κ2) is 8.84. The van der Waals surface area contributed by atoms with E-state index in [4.69, 9.17) is 28.9 Å². The van der Waals surface area contributed by atoms with Gasteiger partial charge in [0.05, 0.1) is 27.5 Å². The molecule has 10 heteroatoms. The molecular formula is C17H18Cl3N5O2. The predicted octanol–water partition coefficient (Wildman–Crippen LogP) is 3.67. The van der Waals surface area contributed by atoms with E-state index in [1.165, 1.54) is 30.7 Å². The van der Waals surface area contributed by atoms with Gasteiger partial charge in [-0.05, 0) is 25.0 Å². The lowest BCUT2D eigenvalue weighted by Crippen LogP contribution is -2.48. The zero-order valence-electron chi connectivity index (χ0n) is 14.2. The fourth-order valence-corrected chi connectivity index (χ4v) is 3.43. The normalized spacial score (nSPS) is 14.9. The molecule has 0 bridgehead atoms. The van der Waals surface area contributed by atoms with E-state index in [0.29, 0.717) is 18.5 Å². The molecule has 1 aliphatic carbocycles. The van der Waals surface area contributed by atoms with E-state index in [1.807, 2.05) is 0 Å². The van der Waals surface area contributed by atoms with Gasteiger partial charge in [-0.2, -0.15) is 0 Å². The molecule has 3 rings (SSSR count). The highest BCUT2D eigenvalue weighted by Gasteiger charge is 2.37. The van der Waals surface area contributed by atoms with Crippen molar-refractivity contribution in [2.24, 2.45) is 5.73 Å². The Labute approximate surface area is 172 Å². The summed E-state index contributed by atoms with van der Waals surface area (Å²) >= 11 is 12.5. The van der Waals surface area contributed by atoms with Crippen LogP contribution in [0.5, 0.6) is 0 Å². The number of benzene rings is 1. The lowest BCUT2D eigenvalue weighted by Gasteiger charge is -2.22. The standard InChI is InChI=1S/C17H17Cl2N5O2.ClH/c18-11-7-10(23-16(26)17(20)3-1-2-4-17)8-12(19)14(11)24-15(25)13-9-21-5-6-22-13;/h5-9H,1-4,20H2,(H,23,26)(H,24,25);1H. The molecule has 1 saturated carbocycles. The number of rotatable bonds is 4. The van der Waals surface area contributed by atoms with Crippen LogP contribution in [0, 0.1) is 0 Å². The molecule has 1 fully saturated rings. The van der Waals surface area contributed by atoms with Crippen molar-refractivity contribution in [3.05, 3.63) is 46.5 Å². The van der Waals surface area contributed by atoms with E-state index in [9.17, 15) is 9.59 Å². The van der Waals surface area contributed by atoms with Crippen LogP contribution < -0.4 is 16.4 Å². The van der Waals surface area contributed by atoms with Gasteiger partial charge in [0.2, 0.25) is 5.91 Å². The Morgan fingerprint density at radius 2 is 1.70 bits per heavy atom. The number of nitrogens with zero attached hydrogens (tertiary/aromatic N) is 2. The number of hydrogen-bond donors (Lipinski definition) is 3. The van der Waals surface area contributed by atoms with Gasteiger partial charge < -0.3 is 16.4 Å². The summed E-state index contributed by atoms with van der Waals surface area (Å²) in [5.41, 5.74) is 6.05. The van der Waals surface area contributed by atoms with Gasteiger partial charge in [0.15, 0.2) is 0 Å². The average Bonchev–Trinajstić information content (AvgIpc) is 3.07. The van der Waals surface area contributed by atoms with Gasteiger partial charge in [0.1, 0.15) is 5.69 Å². The number of carbonyl (C=O) groups is 2. The Balaban J connectivity index is 0.00000261. The molecule has 2 amide bonds. The molecule has 0 atom stereocenters. The van der Waals surface area contributed by atoms with Crippen LogP contribution in [0.15, 0.2) is 30.7 Å². The minimum Gasteiger partial charge on any atom is -0.324 e. The van der Waals surface area contributed by atoms with Crippen LogP contribution in [0.4, 0.5) is 11.4 Å². The molecule has 1 aliphatic rings. The fraction of sp³-hybridized carbons (Fsp3) is 0.294. The first-order chi connectivity index (χ1) is 12.4. The first-order valence-corrected chi connectivity index (χ1v) is 8.81. The van der Waals surface area contributed by atoms with E-state index in [2.05, 4.69) is 20.6 Å². The number of anilines is 2. The summed E-state index contributed by atoms with van der Waals surface area (Å²) in [4.78, 5) is 32.3. The molecule has 0 spiro atoms. The van der Waals surface area contributed by atoms with Gasteiger partial charge in [-0.25, -0.2) is 4.98 Å². The van der Waals surface area contributed by atoms with Crippen LogP contribution in [0.1, 0.15) is 36.2 Å². The number of nitrogens with two attached hydrogens (primary N) is 1. The zero-order valence-corrected chi connectivity index (χ0v) is 16.5. The summed E-state index contributed by atoms with van der Waals surface area (Å²) in [5.74, 6) is -0.760. The third-order valence-corrected chi connectivity index (χ3v) is 4.88. The molecule has 1 heterocycles. The second-order valence-electron chi connectivity index (χ2n) is 6.18. The summed E-state index contributed by atoms with van der Waals surface area (Å²) in [7, 11) is 0. The second-order valence-corrected chi connectivity index (χ2v) is 6.99. The van der Waals surface area contributed by atoms with Gasteiger partial charge in [0, 0.05) is 18.1 Å². The van der Waals surface area contributed by atoms with E-state index in [1.54, 1.807) is 0 Å².